The van der Waals surface area contributed by atoms with Gasteiger partial charge in [-0.1, -0.05) is 79.2 Å². The quantitative estimate of drug-likeness (QED) is 0.678. The lowest BCUT2D eigenvalue weighted by Crippen LogP contribution is -2.48. The van der Waals surface area contributed by atoms with Crippen LogP contribution in [0.3, 0.4) is 0 Å². The molecular formula is C19H18. The molecular weight excluding hydrogens is 228 g/mol. The van der Waals surface area contributed by atoms with Crippen LogP contribution in [0.15, 0.2) is 72.8 Å². The number of rotatable bonds is 2. The molecule has 1 fully saturated rings. The van der Waals surface area contributed by atoms with E-state index in [4.69, 9.17) is 0 Å². The van der Waals surface area contributed by atoms with Gasteiger partial charge in [0.25, 0.3) is 0 Å². The number of hydrogen-bond acceptors (Lipinski definition) is 0. The van der Waals surface area contributed by atoms with Gasteiger partial charge in [0.05, 0.1) is 0 Å². The zero-order chi connectivity index (χ0) is 12.8. The van der Waals surface area contributed by atoms with Crippen molar-refractivity contribution in [2.24, 2.45) is 0 Å². The molecule has 4 rings (SSSR count). The van der Waals surface area contributed by atoms with Crippen LogP contribution in [0.4, 0.5) is 0 Å². The van der Waals surface area contributed by atoms with E-state index >= 15 is 0 Å². The second-order valence-corrected chi connectivity index (χ2v) is 5.86. The molecule has 0 saturated heterocycles. The summed E-state index contributed by atoms with van der Waals surface area (Å²) in [5.41, 5.74) is 3.46. The molecule has 2 aromatic rings. The number of hydrogen-bond donors (Lipinski definition) is 0. The van der Waals surface area contributed by atoms with E-state index in [0.717, 1.165) is 0 Å². The summed E-state index contributed by atoms with van der Waals surface area (Å²) in [6, 6.07) is 22.1. The lowest BCUT2D eigenvalue weighted by atomic mass is 9.52. The molecule has 0 spiro atoms. The van der Waals surface area contributed by atoms with Gasteiger partial charge in [-0.15, -0.1) is 0 Å². The fourth-order valence-electron chi connectivity index (χ4n) is 4.21. The predicted molar refractivity (Wildman–Crippen MR) is 79.2 cm³/mol. The van der Waals surface area contributed by atoms with Crippen LogP contribution < -0.4 is 0 Å². The van der Waals surface area contributed by atoms with E-state index in [9.17, 15) is 0 Å². The highest BCUT2D eigenvalue weighted by molar-refractivity contribution is 5.55. The van der Waals surface area contributed by atoms with E-state index in [1.54, 1.807) is 0 Å². The van der Waals surface area contributed by atoms with Crippen molar-refractivity contribution < 1.29 is 0 Å². The third kappa shape index (κ3) is 1.29. The topological polar surface area (TPSA) is 0 Å². The first-order valence-corrected chi connectivity index (χ1v) is 7.19. The molecule has 0 heteroatoms. The Morgan fingerprint density at radius 2 is 1.00 bits per heavy atom. The molecule has 2 unspecified atom stereocenters. The average Bonchev–Trinajstić information content (AvgIpc) is 2.74. The molecule has 0 heterocycles. The van der Waals surface area contributed by atoms with E-state index in [2.05, 4.69) is 72.8 Å². The smallest absolute Gasteiger partial charge is 0.0264 e. The van der Waals surface area contributed by atoms with Crippen LogP contribution in [0.1, 0.15) is 30.4 Å². The van der Waals surface area contributed by atoms with Crippen LogP contribution in [-0.2, 0) is 10.8 Å². The third-order valence-electron chi connectivity index (χ3n) is 5.17. The summed E-state index contributed by atoms with van der Waals surface area (Å²) in [6.07, 6.45) is 8.77. The molecule has 2 aliphatic rings. The van der Waals surface area contributed by atoms with Crippen molar-refractivity contribution in [2.75, 3.05) is 0 Å². The largest absolute Gasteiger partial charge is 0.0758 e. The van der Waals surface area contributed by atoms with Gasteiger partial charge < -0.3 is 0 Å². The maximum Gasteiger partial charge on any atom is 0.0264 e. The van der Waals surface area contributed by atoms with Crippen LogP contribution in [0.25, 0.3) is 0 Å². The molecule has 2 aliphatic carbocycles. The minimum atomic E-state index is 0.246. The SMILES string of the molecule is C1=CC2(c3ccccc3)CCCC12c1ccccc1. The van der Waals surface area contributed by atoms with Gasteiger partial charge in [0, 0.05) is 10.8 Å². The molecule has 0 N–H and O–H groups in total. The highest BCUT2D eigenvalue weighted by Crippen LogP contribution is 2.62. The van der Waals surface area contributed by atoms with Crippen molar-refractivity contribution >= 4 is 0 Å². The first-order valence-electron chi connectivity index (χ1n) is 7.19. The van der Waals surface area contributed by atoms with Gasteiger partial charge in [-0.3, -0.25) is 0 Å². The van der Waals surface area contributed by atoms with Crippen molar-refractivity contribution in [1.29, 1.82) is 0 Å². The van der Waals surface area contributed by atoms with Crippen molar-refractivity contribution in [3.05, 3.63) is 83.9 Å². The Morgan fingerprint density at radius 3 is 1.37 bits per heavy atom. The maximum absolute atomic E-state index is 2.45. The Bertz CT molecular complexity index is 556. The summed E-state index contributed by atoms with van der Waals surface area (Å²) in [5, 5.41) is 0. The third-order valence-corrected chi connectivity index (χ3v) is 5.17. The standard InChI is InChI=1S/C19H18/c1-3-8-16(9-4-1)18-12-7-13-19(18,15-14-18)17-10-5-2-6-11-17/h1-6,8-11,14-15H,7,12-13H2. The van der Waals surface area contributed by atoms with Gasteiger partial charge in [0.1, 0.15) is 0 Å². The van der Waals surface area contributed by atoms with Crippen molar-refractivity contribution in [3.8, 4) is 0 Å². The van der Waals surface area contributed by atoms with E-state index < -0.39 is 0 Å². The number of benzene rings is 2. The molecule has 0 bridgehead atoms. The van der Waals surface area contributed by atoms with Gasteiger partial charge in [0.2, 0.25) is 0 Å². The minimum absolute atomic E-state index is 0.246. The predicted octanol–water partition coefficient (Wildman–Crippen LogP) is 4.62. The molecule has 0 aliphatic heterocycles. The summed E-state index contributed by atoms with van der Waals surface area (Å²) >= 11 is 0. The summed E-state index contributed by atoms with van der Waals surface area (Å²) < 4.78 is 0. The molecule has 2 atom stereocenters. The molecule has 0 radical (unpaired) electrons. The van der Waals surface area contributed by atoms with E-state index in [1.165, 1.54) is 30.4 Å². The van der Waals surface area contributed by atoms with Gasteiger partial charge in [-0.2, -0.15) is 0 Å². The van der Waals surface area contributed by atoms with Crippen LogP contribution in [0.2, 0.25) is 0 Å². The van der Waals surface area contributed by atoms with E-state index in [-0.39, 0.29) is 10.8 Å². The maximum atomic E-state index is 2.45. The zero-order valence-corrected chi connectivity index (χ0v) is 11.0. The lowest BCUT2D eigenvalue weighted by molar-refractivity contribution is 0.339. The van der Waals surface area contributed by atoms with Gasteiger partial charge >= 0.3 is 0 Å². The molecule has 0 nitrogen and oxygen atoms in total. The average molecular weight is 246 g/mol. The van der Waals surface area contributed by atoms with Crippen molar-refractivity contribution in [2.45, 2.75) is 30.1 Å². The second kappa shape index (κ2) is 3.84. The fraction of sp³-hybridized carbons (Fsp3) is 0.263. The van der Waals surface area contributed by atoms with E-state index in [1.807, 2.05) is 0 Å². The Balaban J connectivity index is 1.89. The second-order valence-electron chi connectivity index (χ2n) is 5.86. The van der Waals surface area contributed by atoms with Crippen molar-refractivity contribution in [1.82, 2.24) is 0 Å². The van der Waals surface area contributed by atoms with Crippen LogP contribution >= 0.6 is 0 Å². The van der Waals surface area contributed by atoms with Crippen LogP contribution in [-0.4, -0.2) is 0 Å². The van der Waals surface area contributed by atoms with Gasteiger partial charge in [-0.05, 0) is 24.0 Å². The van der Waals surface area contributed by atoms with Crippen LogP contribution in [0.5, 0.6) is 0 Å². The number of allylic oxidation sites excluding steroid dienone is 2. The van der Waals surface area contributed by atoms with Crippen molar-refractivity contribution in [3.63, 3.8) is 0 Å². The van der Waals surface area contributed by atoms with Gasteiger partial charge in [0.15, 0.2) is 0 Å². The lowest BCUT2D eigenvalue weighted by Gasteiger charge is -2.50. The van der Waals surface area contributed by atoms with Gasteiger partial charge in [-0.25, -0.2) is 0 Å². The molecule has 1 saturated carbocycles. The minimum Gasteiger partial charge on any atom is -0.0758 e. The highest BCUT2D eigenvalue weighted by atomic mass is 14.6. The first-order chi connectivity index (χ1) is 9.37. The monoisotopic (exact) mass is 246 g/mol. The summed E-state index contributed by atoms with van der Waals surface area (Å²) in [5.74, 6) is 0. The molecule has 94 valence electrons. The molecule has 2 aromatic carbocycles. The Kier molecular flexibility index (Phi) is 2.23. The zero-order valence-electron chi connectivity index (χ0n) is 11.0. The summed E-state index contributed by atoms with van der Waals surface area (Å²) in [4.78, 5) is 0. The molecule has 0 amide bonds. The van der Waals surface area contributed by atoms with E-state index in [0.29, 0.717) is 0 Å². The summed E-state index contributed by atoms with van der Waals surface area (Å²) in [6.45, 7) is 0. The number of fused-ring (bicyclic) bond motifs is 1. The fourth-order valence-corrected chi connectivity index (χ4v) is 4.21. The normalized spacial score (nSPS) is 31.8. The Hall–Kier alpha value is -1.82. The van der Waals surface area contributed by atoms with Crippen LogP contribution in [0, 0.1) is 0 Å². The molecule has 0 aromatic heterocycles. The summed E-state index contributed by atoms with van der Waals surface area (Å²) in [7, 11) is 0. The Labute approximate surface area is 114 Å². The Morgan fingerprint density at radius 1 is 0.579 bits per heavy atom. The first kappa shape index (κ1) is 11.0. The highest BCUT2D eigenvalue weighted by Gasteiger charge is 2.58. The molecule has 19 heavy (non-hydrogen) atoms.